The number of nitrogens with zero attached hydrogens (tertiary/aromatic N) is 4. The zero-order valence-electron chi connectivity index (χ0n) is 26.8. The molecule has 0 saturated heterocycles. The molecule has 2 N–H and O–H groups in total. The van der Waals surface area contributed by atoms with Crippen molar-refractivity contribution in [3.05, 3.63) is 56.7 Å². The van der Waals surface area contributed by atoms with Crippen molar-refractivity contribution in [2.45, 2.75) is 83.9 Å². The Kier molecular flexibility index (Phi) is 8.70. The fourth-order valence-corrected chi connectivity index (χ4v) is 8.33. The molecule has 0 spiro atoms. The Morgan fingerprint density at radius 1 is 1.17 bits per heavy atom. The van der Waals surface area contributed by atoms with Crippen LogP contribution in [0.3, 0.4) is 0 Å². The lowest BCUT2D eigenvalue weighted by molar-refractivity contribution is 0.0636. The van der Waals surface area contributed by atoms with Gasteiger partial charge in [0.25, 0.3) is 0 Å². The van der Waals surface area contributed by atoms with Crippen LogP contribution in [0.2, 0.25) is 5.02 Å². The van der Waals surface area contributed by atoms with Crippen LogP contribution in [0.25, 0.3) is 32.1 Å². The molecule has 0 saturated carbocycles. The summed E-state index contributed by atoms with van der Waals surface area (Å²) in [5.41, 5.74) is 4.70. The van der Waals surface area contributed by atoms with Gasteiger partial charge in [-0.05, 0) is 68.5 Å². The van der Waals surface area contributed by atoms with Crippen LogP contribution in [-0.2, 0) is 42.1 Å². The molecule has 1 aliphatic carbocycles. The number of hydrogen-bond donors (Lipinski definition) is 2. The number of hydrogen-bond acceptors (Lipinski definition) is 11. The topological polar surface area (TPSA) is 135 Å². The van der Waals surface area contributed by atoms with Crippen molar-refractivity contribution in [3.63, 3.8) is 0 Å². The number of halogens is 2. The van der Waals surface area contributed by atoms with Gasteiger partial charge in [0, 0.05) is 22.9 Å². The van der Waals surface area contributed by atoms with Crippen LogP contribution >= 0.6 is 34.7 Å². The van der Waals surface area contributed by atoms with Crippen molar-refractivity contribution >= 4 is 72.6 Å². The highest BCUT2D eigenvalue weighted by Gasteiger charge is 2.31. The zero-order chi connectivity index (χ0) is 33.7. The number of thiophene rings is 1. The number of aromatic nitrogens is 3. The van der Waals surface area contributed by atoms with E-state index in [-0.39, 0.29) is 28.5 Å². The molecule has 3 aromatic heterocycles. The van der Waals surface area contributed by atoms with E-state index in [1.54, 1.807) is 26.8 Å². The molecule has 0 radical (unpaired) electrons. The highest BCUT2D eigenvalue weighted by molar-refractivity contribution is 7.99. The Hall–Kier alpha value is -3.96. The van der Waals surface area contributed by atoms with E-state index < -0.39 is 17.5 Å². The number of nitrogens with one attached hydrogen (secondary N) is 2. The first-order valence-corrected chi connectivity index (χ1v) is 17.9. The second-order valence-electron chi connectivity index (χ2n) is 12.6. The summed E-state index contributed by atoms with van der Waals surface area (Å²) in [6.45, 7) is 8.19. The van der Waals surface area contributed by atoms with Crippen molar-refractivity contribution in [2.24, 2.45) is 0 Å². The molecule has 248 valence electrons. The minimum Gasteiger partial charge on any atom is -0.444 e. The van der Waals surface area contributed by atoms with Gasteiger partial charge >= 0.3 is 6.09 Å². The minimum atomic E-state index is -0.762. The van der Waals surface area contributed by atoms with E-state index in [1.165, 1.54) is 17.8 Å². The predicted octanol–water partition coefficient (Wildman–Crippen LogP) is 9.14. The number of fused-ring (bicyclic) bond motifs is 5. The summed E-state index contributed by atoms with van der Waals surface area (Å²) in [6.07, 6.45) is 3.29. The van der Waals surface area contributed by atoms with Crippen molar-refractivity contribution < 1.29 is 23.2 Å². The van der Waals surface area contributed by atoms with E-state index in [1.807, 2.05) is 6.92 Å². The Labute approximate surface area is 289 Å². The molecule has 2 aliphatic rings. The average Bonchev–Trinajstić information content (AvgIpc) is 3.78. The van der Waals surface area contributed by atoms with Gasteiger partial charge in [0.1, 0.15) is 39.8 Å². The maximum absolute atomic E-state index is 15.4. The van der Waals surface area contributed by atoms with Gasteiger partial charge in [-0.1, -0.05) is 41.5 Å². The molecular formula is C34H32ClFN6O4S2. The van der Waals surface area contributed by atoms with Crippen LogP contribution in [0, 0.1) is 17.1 Å². The van der Waals surface area contributed by atoms with E-state index in [2.05, 4.69) is 21.9 Å². The van der Waals surface area contributed by atoms with E-state index in [4.69, 9.17) is 35.6 Å². The summed E-state index contributed by atoms with van der Waals surface area (Å²) < 4.78 is 32.7. The minimum absolute atomic E-state index is 0.113. The molecule has 14 heteroatoms. The summed E-state index contributed by atoms with van der Waals surface area (Å²) in [4.78, 5) is 22.5. The number of carbonyl (C=O) groups is 1. The lowest BCUT2D eigenvalue weighted by Gasteiger charge is -2.19. The van der Waals surface area contributed by atoms with Gasteiger partial charge in [0.15, 0.2) is 5.16 Å². The van der Waals surface area contributed by atoms with Crippen molar-refractivity contribution in [1.82, 2.24) is 15.1 Å². The Morgan fingerprint density at radius 2 is 1.96 bits per heavy atom. The standard InChI is InChI=1S/C34H32ClFN6O4S2/c1-5-47-32-39-28-26(30(40-32)38-13-22-16-8-6-7-9-23(16)46-42-22)20-15-44-14-19(20)24(27(28)35)17-10-11-21(36)29-25(17)18(12-37)31(48-29)41-33(43)45-34(2,3)4/h10-11H,5-9,13-15H2,1-4H3,(H,41,43)(H,38,39,40). The van der Waals surface area contributed by atoms with Gasteiger partial charge in [-0.2, -0.15) is 5.26 Å². The quantitative estimate of drug-likeness (QED) is 0.125. The number of thioether (sulfide) groups is 1. The second-order valence-corrected chi connectivity index (χ2v) is 15.2. The van der Waals surface area contributed by atoms with Crippen molar-refractivity contribution in [3.8, 4) is 17.2 Å². The number of ether oxygens (including phenoxy) is 2. The van der Waals surface area contributed by atoms with Gasteiger partial charge in [-0.15, -0.1) is 11.3 Å². The number of aryl methyl sites for hydroxylation is 1. The molecule has 1 aliphatic heterocycles. The van der Waals surface area contributed by atoms with E-state index in [9.17, 15) is 10.1 Å². The van der Waals surface area contributed by atoms with Gasteiger partial charge in [-0.3, -0.25) is 5.32 Å². The highest BCUT2D eigenvalue weighted by atomic mass is 35.5. The number of rotatable bonds is 7. The molecule has 5 aromatic rings. The predicted molar refractivity (Wildman–Crippen MR) is 185 cm³/mol. The molecule has 0 fully saturated rings. The third kappa shape index (κ3) is 5.85. The fourth-order valence-electron chi connectivity index (χ4n) is 6.34. The monoisotopic (exact) mass is 706 g/mol. The molecule has 7 rings (SSSR count). The lowest BCUT2D eigenvalue weighted by Crippen LogP contribution is -2.27. The SMILES string of the molecule is CCSc1nc(NCc2noc3c2CCCC3)c2c3c(c(-c4ccc(F)c5sc(NC(=O)OC(C)(C)C)c(C#N)c45)c(Cl)c2n1)COC3. The first kappa shape index (κ1) is 32.6. The number of nitriles is 1. The van der Waals surface area contributed by atoms with E-state index in [0.717, 1.165) is 76.3 Å². The smallest absolute Gasteiger partial charge is 0.412 e. The molecular weight excluding hydrogens is 675 g/mol. The van der Waals surface area contributed by atoms with E-state index in [0.29, 0.717) is 44.6 Å². The summed E-state index contributed by atoms with van der Waals surface area (Å²) in [5, 5.41) is 23.0. The molecule has 2 aromatic carbocycles. The third-order valence-corrected chi connectivity index (χ3v) is 10.5. The Morgan fingerprint density at radius 3 is 2.73 bits per heavy atom. The number of anilines is 2. The van der Waals surface area contributed by atoms with Gasteiger partial charge < -0.3 is 19.3 Å². The molecule has 10 nitrogen and oxygen atoms in total. The molecule has 0 bridgehead atoms. The Bertz CT molecular complexity index is 2150. The lowest BCUT2D eigenvalue weighted by atomic mass is 9.91. The largest absolute Gasteiger partial charge is 0.444 e. The van der Waals surface area contributed by atoms with Crippen LogP contribution in [0.15, 0.2) is 21.8 Å². The highest BCUT2D eigenvalue weighted by Crippen LogP contribution is 2.49. The fraction of sp³-hybridized carbons (Fsp3) is 0.382. The summed E-state index contributed by atoms with van der Waals surface area (Å²) in [5.74, 6) is 1.78. The summed E-state index contributed by atoms with van der Waals surface area (Å²) >= 11 is 9.78. The van der Waals surface area contributed by atoms with Crippen LogP contribution in [0.4, 0.5) is 20.0 Å². The molecule has 4 heterocycles. The van der Waals surface area contributed by atoms with E-state index >= 15 is 4.39 Å². The molecule has 0 unspecified atom stereocenters. The van der Waals surface area contributed by atoms with Crippen LogP contribution in [0.1, 0.15) is 74.2 Å². The second kappa shape index (κ2) is 12.8. The maximum atomic E-state index is 15.4. The first-order chi connectivity index (χ1) is 23.1. The normalized spacial score (nSPS) is 14.2. The summed E-state index contributed by atoms with van der Waals surface area (Å²) in [6, 6.07) is 5.14. The number of amides is 1. The molecule has 0 atom stereocenters. The Balaban J connectivity index is 1.39. The van der Waals surface area contributed by atoms with Gasteiger partial charge in [0.2, 0.25) is 0 Å². The number of carbonyl (C=O) groups excluding carboxylic acids is 1. The number of benzene rings is 2. The average molecular weight is 707 g/mol. The maximum Gasteiger partial charge on any atom is 0.412 e. The molecule has 48 heavy (non-hydrogen) atoms. The zero-order valence-corrected chi connectivity index (χ0v) is 29.2. The molecule has 1 amide bonds. The summed E-state index contributed by atoms with van der Waals surface area (Å²) in [7, 11) is 0. The van der Waals surface area contributed by atoms with Crippen molar-refractivity contribution in [1.29, 1.82) is 5.26 Å². The van der Waals surface area contributed by atoms with Crippen LogP contribution < -0.4 is 10.6 Å². The van der Waals surface area contributed by atoms with Gasteiger partial charge in [0.05, 0.1) is 45.9 Å². The van der Waals surface area contributed by atoms with Crippen LogP contribution in [0.5, 0.6) is 0 Å². The third-order valence-electron chi connectivity index (χ3n) is 8.29. The first-order valence-electron chi connectivity index (χ1n) is 15.7. The van der Waals surface area contributed by atoms with Crippen molar-refractivity contribution in [2.75, 3.05) is 16.4 Å². The van der Waals surface area contributed by atoms with Crippen LogP contribution in [-0.4, -0.2) is 32.6 Å². The van der Waals surface area contributed by atoms with Gasteiger partial charge in [-0.25, -0.2) is 19.2 Å².